The lowest BCUT2D eigenvalue weighted by Gasteiger charge is -2.38. The molecule has 0 unspecified atom stereocenters. The van der Waals surface area contributed by atoms with Crippen molar-refractivity contribution in [2.45, 2.75) is 37.5 Å². The van der Waals surface area contributed by atoms with Crippen molar-refractivity contribution in [3.8, 4) is 11.5 Å². The van der Waals surface area contributed by atoms with Crippen molar-refractivity contribution in [2.24, 2.45) is 4.99 Å². The van der Waals surface area contributed by atoms with Crippen molar-refractivity contribution in [1.82, 2.24) is 9.80 Å². The molecule has 0 radical (unpaired) electrons. The Morgan fingerprint density at radius 2 is 1.67 bits per heavy atom. The number of nitrogens with zero attached hydrogens (tertiary/aromatic N) is 3. The van der Waals surface area contributed by atoms with Crippen LogP contribution in [-0.2, 0) is 15.3 Å². The number of carbonyl (C=O) groups is 2. The summed E-state index contributed by atoms with van der Waals surface area (Å²) < 4.78 is 11.0. The van der Waals surface area contributed by atoms with E-state index in [2.05, 4.69) is 41.1 Å². The Bertz CT molecular complexity index is 1110. The van der Waals surface area contributed by atoms with E-state index in [4.69, 9.17) is 24.7 Å². The molecule has 0 amide bonds. The van der Waals surface area contributed by atoms with Gasteiger partial charge in [-0.25, -0.2) is 14.6 Å². The number of thioether (sulfide) groups is 1. The lowest BCUT2D eigenvalue weighted by Crippen LogP contribution is -2.45. The lowest BCUT2D eigenvalue weighted by atomic mass is 10.0. The van der Waals surface area contributed by atoms with E-state index < -0.39 is 11.9 Å². The molecular formula is C29H37N3O6S. The molecule has 4 rings (SSSR count). The molecule has 2 N–H and O–H groups in total. The summed E-state index contributed by atoms with van der Waals surface area (Å²) in [6, 6.07) is 16.9. The molecule has 210 valence electrons. The number of ether oxygens (including phenoxy) is 2. The van der Waals surface area contributed by atoms with Crippen molar-refractivity contribution in [2.75, 3.05) is 40.4 Å². The summed E-state index contributed by atoms with van der Waals surface area (Å²) in [5, 5.41) is 16.8. The number of fused-ring (bicyclic) bond motifs is 1. The number of aliphatic imine (C=N–C) groups is 1. The molecule has 0 atom stereocenters. The highest BCUT2D eigenvalue weighted by Crippen LogP contribution is 2.33. The predicted octanol–water partition coefficient (Wildman–Crippen LogP) is 4.90. The van der Waals surface area contributed by atoms with Gasteiger partial charge in [-0.3, -0.25) is 0 Å². The van der Waals surface area contributed by atoms with Crippen molar-refractivity contribution in [1.29, 1.82) is 0 Å². The molecule has 0 aliphatic carbocycles. The van der Waals surface area contributed by atoms with Crippen molar-refractivity contribution in [3.05, 3.63) is 66.2 Å². The number of rotatable bonds is 10. The Kier molecular flexibility index (Phi) is 12.2. The first kappa shape index (κ1) is 30.0. The zero-order valence-corrected chi connectivity index (χ0v) is 23.3. The van der Waals surface area contributed by atoms with E-state index in [1.165, 1.54) is 43.1 Å². The van der Waals surface area contributed by atoms with Gasteiger partial charge in [-0.15, -0.1) is 0 Å². The highest BCUT2D eigenvalue weighted by atomic mass is 32.2. The number of benzene rings is 2. The predicted molar refractivity (Wildman–Crippen MR) is 154 cm³/mol. The molecule has 2 aliphatic rings. The maximum atomic E-state index is 9.55. The van der Waals surface area contributed by atoms with Crippen LogP contribution >= 0.6 is 11.8 Å². The van der Waals surface area contributed by atoms with Crippen LogP contribution in [0.4, 0.5) is 5.69 Å². The maximum absolute atomic E-state index is 9.55. The topological polar surface area (TPSA) is 112 Å². The first-order chi connectivity index (χ1) is 18.9. The van der Waals surface area contributed by atoms with Crippen LogP contribution in [0.5, 0.6) is 11.5 Å². The molecule has 0 saturated carbocycles. The molecule has 0 spiro atoms. The van der Waals surface area contributed by atoms with E-state index >= 15 is 0 Å². The monoisotopic (exact) mass is 555 g/mol. The third-order valence-corrected chi connectivity index (χ3v) is 7.63. The maximum Gasteiger partial charge on any atom is 0.328 e. The fourth-order valence-electron chi connectivity index (χ4n) is 4.33. The third kappa shape index (κ3) is 10.3. The molecule has 2 aliphatic heterocycles. The van der Waals surface area contributed by atoms with Gasteiger partial charge in [0.05, 0.1) is 19.4 Å². The van der Waals surface area contributed by atoms with Gasteiger partial charge in [-0.2, -0.15) is 0 Å². The van der Waals surface area contributed by atoms with Gasteiger partial charge >= 0.3 is 11.9 Å². The van der Waals surface area contributed by atoms with Crippen molar-refractivity contribution < 1.29 is 29.3 Å². The zero-order chi connectivity index (χ0) is 28.0. The standard InChI is InChI=1S/C25H33N3O2S.C4H4O4/c1-27(25-26-24-8-4-3-7-20(24)19-31-25)21-13-16-28(17-14-21)15-5-6-18-30-23-11-9-22(29-2)10-12-23;5-3(6)1-2-4(7)8/h3-4,7-12,21H,5-6,13-19H2,1-2H3;1-2H,(H,5,6)(H,7,8)/b;2-1-. The van der Waals surface area contributed by atoms with Crippen LogP contribution in [0.2, 0.25) is 0 Å². The zero-order valence-electron chi connectivity index (χ0n) is 22.5. The molecule has 10 heteroatoms. The van der Waals surface area contributed by atoms with E-state index in [-0.39, 0.29) is 0 Å². The highest BCUT2D eigenvalue weighted by Gasteiger charge is 2.26. The fraction of sp³-hybridized carbons (Fsp3) is 0.414. The number of hydrogen-bond donors (Lipinski definition) is 2. The number of para-hydroxylation sites is 1. The quantitative estimate of drug-likeness (QED) is 0.312. The van der Waals surface area contributed by atoms with Crippen LogP contribution in [0.15, 0.2) is 65.7 Å². The van der Waals surface area contributed by atoms with Crippen LogP contribution in [0.25, 0.3) is 0 Å². The van der Waals surface area contributed by atoms with Gasteiger partial charge in [0, 0.05) is 44.1 Å². The van der Waals surface area contributed by atoms with Gasteiger partial charge in [-0.1, -0.05) is 30.0 Å². The van der Waals surface area contributed by atoms with Crippen molar-refractivity contribution in [3.63, 3.8) is 0 Å². The summed E-state index contributed by atoms with van der Waals surface area (Å²) in [5.41, 5.74) is 2.48. The number of likely N-dealkylation sites (tertiary alicyclic amines) is 1. The number of hydrogen-bond acceptors (Lipinski definition) is 8. The minimum absolute atomic E-state index is 0.558. The molecular weight excluding hydrogens is 518 g/mol. The van der Waals surface area contributed by atoms with E-state index in [1.807, 2.05) is 36.0 Å². The first-order valence-electron chi connectivity index (χ1n) is 13.0. The van der Waals surface area contributed by atoms with E-state index in [0.29, 0.717) is 18.2 Å². The van der Waals surface area contributed by atoms with Gasteiger partial charge < -0.3 is 29.5 Å². The van der Waals surface area contributed by atoms with Crippen LogP contribution < -0.4 is 9.47 Å². The summed E-state index contributed by atoms with van der Waals surface area (Å²) in [6.45, 7) is 4.27. The minimum Gasteiger partial charge on any atom is -0.497 e. The number of methoxy groups -OCH3 is 1. The Morgan fingerprint density at radius 1 is 1.03 bits per heavy atom. The Balaban J connectivity index is 0.000000459. The molecule has 1 fully saturated rings. The molecule has 9 nitrogen and oxygen atoms in total. The SMILES string of the molecule is COc1ccc(OCCCCN2CCC(N(C)C3=Nc4ccccc4CS3)CC2)cc1.O=C(O)/C=C\C(=O)O. The number of amidine groups is 1. The smallest absolute Gasteiger partial charge is 0.328 e. The Hall–Kier alpha value is -3.50. The summed E-state index contributed by atoms with van der Waals surface area (Å²) >= 11 is 1.87. The second-order valence-corrected chi connectivity index (χ2v) is 10.2. The summed E-state index contributed by atoms with van der Waals surface area (Å²) in [6.07, 6.45) is 5.79. The molecule has 0 bridgehead atoms. The first-order valence-corrected chi connectivity index (χ1v) is 14.0. The normalized spacial score (nSPS) is 15.5. The third-order valence-electron chi connectivity index (χ3n) is 6.54. The molecule has 39 heavy (non-hydrogen) atoms. The summed E-state index contributed by atoms with van der Waals surface area (Å²) in [5.74, 6) is 0.285. The van der Waals surface area contributed by atoms with Gasteiger partial charge in [0.25, 0.3) is 0 Å². The largest absolute Gasteiger partial charge is 0.497 e. The van der Waals surface area contributed by atoms with Crippen LogP contribution in [0.1, 0.15) is 31.2 Å². The molecule has 2 aromatic carbocycles. The van der Waals surface area contributed by atoms with Gasteiger partial charge in [0.1, 0.15) is 11.5 Å². The highest BCUT2D eigenvalue weighted by molar-refractivity contribution is 8.13. The average molecular weight is 556 g/mol. The van der Waals surface area contributed by atoms with Gasteiger partial charge in [-0.05, 0) is 68.1 Å². The number of unbranched alkanes of at least 4 members (excludes halogenated alkanes) is 1. The van der Waals surface area contributed by atoms with Gasteiger partial charge in [0.2, 0.25) is 0 Å². The molecule has 1 saturated heterocycles. The molecule has 0 aromatic heterocycles. The number of piperidine rings is 1. The second kappa shape index (κ2) is 15.8. The Labute approximate surface area is 234 Å². The fourth-order valence-corrected chi connectivity index (χ4v) is 5.37. The van der Waals surface area contributed by atoms with Crippen LogP contribution in [-0.4, -0.2) is 83.6 Å². The lowest BCUT2D eigenvalue weighted by molar-refractivity contribution is -0.134. The average Bonchev–Trinajstić information content (AvgIpc) is 2.96. The molecule has 2 aromatic rings. The van der Waals surface area contributed by atoms with E-state index in [9.17, 15) is 9.59 Å². The second-order valence-electron chi connectivity index (χ2n) is 9.24. The van der Waals surface area contributed by atoms with Crippen LogP contribution in [0, 0.1) is 0 Å². The number of carboxylic acids is 2. The number of aliphatic carboxylic acids is 2. The molecule has 2 heterocycles. The Morgan fingerprint density at radius 3 is 2.31 bits per heavy atom. The van der Waals surface area contributed by atoms with E-state index in [0.717, 1.165) is 42.5 Å². The van der Waals surface area contributed by atoms with Gasteiger partial charge in [0.15, 0.2) is 5.17 Å². The van der Waals surface area contributed by atoms with E-state index in [1.54, 1.807) is 7.11 Å². The summed E-state index contributed by atoms with van der Waals surface area (Å²) in [7, 11) is 3.90. The van der Waals surface area contributed by atoms with Crippen molar-refractivity contribution >= 4 is 34.6 Å². The van der Waals surface area contributed by atoms with Crippen LogP contribution in [0.3, 0.4) is 0 Å². The minimum atomic E-state index is -1.26. The summed E-state index contributed by atoms with van der Waals surface area (Å²) in [4.78, 5) is 29.0. The number of carboxylic acid groups (broad SMARTS) is 2.